The Kier molecular flexibility index (Phi) is 3.23. The van der Waals surface area contributed by atoms with E-state index in [0.29, 0.717) is 17.0 Å². The van der Waals surface area contributed by atoms with Crippen LogP contribution in [0.4, 0.5) is 4.39 Å². The Balaban J connectivity index is 2.57. The zero-order valence-corrected chi connectivity index (χ0v) is 9.55. The van der Waals surface area contributed by atoms with Gasteiger partial charge in [-0.05, 0) is 30.3 Å². The van der Waals surface area contributed by atoms with Gasteiger partial charge in [-0.25, -0.2) is 9.18 Å². The van der Waals surface area contributed by atoms with E-state index in [1.807, 2.05) is 0 Å². The van der Waals surface area contributed by atoms with Crippen LogP contribution >= 0.6 is 0 Å². The highest BCUT2D eigenvalue weighted by molar-refractivity contribution is 5.89. The lowest BCUT2D eigenvalue weighted by atomic mass is 10.1. The Labute approximate surface area is 103 Å². The first-order valence-electron chi connectivity index (χ1n) is 5.15. The van der Waals surface area contributed by atoms with Gasteiger partial charge in [0, 0.05) is 11.8 Å². The van der Waals surface area contributed by atoms with Gasteiger partial charge in [0.15, 0.2) is 0 Å². The minimum atomic E-state index is -1.06. The van der Waals surface area contributed by atoms with Crippen molar-refractivity contribution >= 4 is 5.97 Å². The molecule has 1 aromatic carbocycles. The number of hydrogen-bond donors (Lipinski definition) is 1. The Morgan fingerprint density at radius 1 is 1.33 bits per heavy atom. The molecule has 92 valence electrons. The molecule has 0 fully saturated rings. The SMILES string of the molecule is COc1ccc(F)cc1-c1cc(C(=O)O)ccn1. The standard InChI is InChI=1S/C13H10FNO3/c1-18-12-3-2-9(14)7-10(12)11-6-8(13(16)17)4-5-15-11/h2-7H,1H3,(H,16,17). The highest BCUT2D eigenvalue weighted by Crippen LogP contribution is 2.29. The largest absolute Gasteiger partial charge is 0.496 e. The molecule has 0 spiro atoms. The highest BCUT2D eigenvalue weighted by Gasteiger charge is 2.11. The van der Waals surface area contributed by atoms with Crippen LogP contribution in [0.25, 0.3) is 11.3 Å². The number of hydrogen-bond acceptors (Lipinski definition) is 3. The summed E-state index contributed by atoms with van der Waals surface area (Å²) in [6.45, 7) is 0. The van der Waals surface area contributed by atoms with Crippen molar-refractivity contribution in [3.05, 3.63) is 47.9 Å². The first kappa shape index (κ1) is 12.0. The Bertz CT molecular complexity index is 599. The lowest BCUT2D eigenvalue weighted by molar-refractivity contribution is 0.0697. The summed E-state index contributed by atoms with van der Waals surface area (Å²) in [6, 6.07) is 6.74. The van der Waals surface area contributed by atoms with E-state index in [0.717, 1.165) is 0 Å². The molecular weight excluding hydrogens is 237 g/mol. The molecule has 2 rings (SSSR count). The third-order valence-electron chi connectivity index (χ3n) is 2.44. The Hall–Kier alpha value is -2.43. The van der Waals surface area contributed by atoms with E-state index in [-0.39, 0.29) is 5.56 Å². The van der Waals surface area contributed by atoms with Crippen LogP contribution < -0.4 is 4.74 Å². The van der Waals surface area contributed by atoms with Crippen molar-refractivity contribution < 1.29 is 19.0 Å². The molecule has 0 aliphatic rings. The number of benzene rings is 1. The molecule has 0 unspecified atom stereocenters. The maximum absolute atomic E-state index is 13.2. The van der Waals surface area contributed by atoms with Crippen molar-refractivity contribution in [1.82, 2.24) is 4.98 Å². The smallest absolute Gasteiger partial charge is 0.335 e. The summed E-state index contributed by atoms with van der Waals surface area (Å²) < 4.78 is 18.3. The molecule has 0 radical (unpaired) electrons. The predicted octanol–water partition coefficient (Wildman–Crippen LogP) is 2.59. The first-order valence-corrected chi connectivity index (χ1v) is 5.15. The average Bonchev–Trinajstić information content (AvgIpc) is 2.39. The number of nitrogens with zero attached hydrogens (tertiary/aromatic N) is 1. The fourth-order valence-corrected chi connectivity index (χ4v) is 1.59. The quantitative estimate of drug-likeness (QED) is 0.905. The molecule has 1 aromatic heterocycles. The topological polar surface area (TPSA) is 59.4 Å². The molecular formula is C13H10FNO3. The van der Waals surface area contributed by atoms with Crippen LogP contribution in [0.15, 0.2) is 36.5 Å². The van der Waals surface area contributed by atoms with Gasteiger partial charge >= 0.3 is 5.97 Å². The second-order valence-electron chi connectivity index (χ2n) is 3.58. The lowest BCUT2D eigenvalue weighted by Gasteiger charge is -2.08. The van der Waals surface area contributed by atoms with E-state index in [1.165, 1.54) is 43.6 Å². The fourth-order valence-electron chi connectivity index (χ4n) is 1.59. The average molecular weight is 247 g/mol. The molecule has 18 heavy (non-hydrogen) atoms. The van der Waals surface area contributed by atoms with Gasteiger partial charge in [-0.2, -0.15) is 0 Å². The molecule has 1 N–H and O–H groups in total. The van der Waals surface area contributed by atoms with Gasteiger partial charge in [-0.15, -0.1) is 0 Å². The summed E-state index contributed by atoms with van der Waals surface area (Å²) in [6.07, 6.45) is 1.36. The second-order valence-corrected chi connectivity index (χ2v) is 3.58. The number of halogens is 1. The van der Waals surface area contributed by atoms with Crippen molar-refractivity contribution in [3.63, 3.8) is 0 Å². The molecule has 4 nitrogen and oxygen atoms in total. The molecule has 0 saturated heterocycles. The number of ether oxygens (including phenoxy) is 1. The van der Waals surface area contributed by atoms with Crippen molar-refractivity contribution in [2.75, 3.05) is 7.11 Å². The molecule has 0 aliphatic carbocycles. The van der Waals surface area contributed by atoms with Crippen LogP contribution in [-0.2, 0) is 0 Å². The monoisotopic (exact) mass is 247 g/mol. The third kappa shape index (κ3) is 2.29. The number of aromatic nitrogens is 1. The van der Waals surface area contributed by atoms with Crippen molar-refractivity contribution in [2.45, 2.75) is 0 Å². The minimum absolute atomic E-state index is 0.0892. The molecule has 0 atom stereocenters. The maximum Gasteiger partial charge on any atom is 0.335 e. The number of rotatable bonds is 3. The van der Waals surface area contributed by atoms with Gasteiger partial charge in [0.25, 0.3) is 0 Å². The number of aromatic carboxylic acids is 1. The fraction of sp³-hybridized carbons (Fsp3) is 0.0769. The van der Waals surface area contributed by atoms with Crippen LogP contribution in [0.2, 0.25) is 0 Å². The second kappa shape index (κ2) is 4.83. The number of carbonyl (C=O) groups is 1. The molecule has 2 aromatic rings. The van der Waals surface area contributed by atoms with Gasteiger partial charge in [0.2, 0.25) is 0 Å². The van der Waals surface area contributed by atoms with Crippen LogP contribution in [-0.4, -0.2) is 23.2 Å². The maximum atomic E-state index is 13.2. The van der Waals surface area contributed by atoms with E-state index in [9.17, 15) is 9.18 Å². The van der Waals surface area contributed by atoms with Crippen LogP contribution in [0.3, 0.4) is 0 Å². The third-order valence-corrected chi connectivity index (χ3v) is 2.44. The molecule has 0 saturated carbocycles. The summed E-state index contributed by atoms with van der Waals surface area (Å²) in [5.41, 5.74) is 0.859. The zero-order chi connectivity index (χ0) is 13.1. The summed E-state index contributed by atoms with van der Waals surface area (Å²) in [7, 11) is 1.46. The number of pyridine rings is 1. The minimum Gasteiger partial charge on any atom is -0.496 e. The van der Waals surface area contributed by atoms with Crippen molar-refractivity contribution in [1.29, 1.82) is 0 Å². The first-order chi connectivity index (χ1) is 8.61. The van der Waals surface area contributed by atoms with E-state index < -0.39 is 11.8 Å². The van der Waals surface area contributed by atoms with E-state index in [1.54, 1.807) is 0 Å². The highest BCUT2D eigenvalue weighted by atomic mass is 19.1. The zero-order valence-electron chi connectivity index (χ0n) is 9.55. The van der Waals surface area contributed by atoms with E-state index >= 15 is 0 Å². The molecule has 0 amide bonds. The lowest BCUT2D eigenvalue weighted by Crippen LogP contribution is -1.98. The number of carboxylic acids is 1. The summed E-state index contributed by atoms with van der Waals surface area (Å²) in [4.78, 5) is 14.9. The van der Waals surface area contributed by atoms with Crippen LogP contribution in [0.5, 0.6) is 5.75 Å². The van der Waals surface area contributed by atoms with Gasteiger partial charge in [0.05, 0.1) is 18.4 Å². The van der Waals surface area contributed by atoms with Gasteiger partial charge in [0.1, 0.15) is 11.6 Å². The normalized spacial score (nSPS) is 10.1. The van der Waals surface area contributed by atoms with E-state index in [4.69, 9.17) is 9.84 Å². The van der Waals surface area contributed by atoms with Gasteiger partial charge in [-0.1, -0.05) is 0 Å². The molecule has 0 bridgehead atoms. The number of methoxy groups -OCH3 is 1. The number of carboxylic acid groups (broad SMARTS) is 1. The van der Waals surface area contributed by atoms with Crippen LogP contribution in [0.1, 0.15) is 10.4 Å². The van der Waals surface area contributed by atoms with Crippen molar-refractivity contribution in [2.24, 2.45) is 0 Å². The van der Waals surface area contributed by atoms with Crippen molar-refractivity contribution in [3.8, 4) is 17.0 Å². The molecule has 5 heteroatoms. The predicted molar refractivity (Wildman–Crippen MR) is 63.1 cm³/mol. The summed E-state index contributed by atoms with van der Waals surface area (Å²) >= 11 is 0. The summed E-state index contributed by atoms with van der Waals surface area (Å²) in [5, 5.41) is 8.90. The Morgan fingerprint density at radius 2 is 2.11 bits per heavy atom. The van der Waals surface area contributed by atoms with Gasteiger partial charge in [-0.3, -0.25) is 4.98 Å². The van der Waals surface area contributed by atoms with Gasteiger partial charge < -0.3 is 9.84 Å². The van der Waals surface area contributed by atoms with E-state index in [2.05, 4.69) is 4.98 Å². The molecule has 1 heterocycles. The Morgan fingerprint density at radius 3 is 2.78 bits per heavy atom. The van der Waals surface area contributed by atoms with Crippen LogP contribution in [0, 0.1) is 5.82 Å². The summed E-state index contributed by atoms with van der Waals surface area (Å²) in [5.74, 6) is -1.06. The molecule has 0 aliphatic heterocycles.